The highest BCUT2D eigenvalue weighted by molar-refractivity contribution is 5.76. The van der Waals surface area contributed by atoms with Gasteiger partial charge in [0.2, 0.25) is 0 Å². The Labute approximate surface area is 72.4 Å². The van der Waals surface area contributed by atoms with E-state index in [0.717, 1.165) is 6.07 Å². The molecule has 1 heterocycles. The van der Waals surface area contributed by atoms with Crippen molar-refractivity contribution in [2.75, 3.05) is 0 Å². The zero-order valence-corrected chi connectivity index (χ0v) is 6.72. The molecule has 0 saturated heterocycles. The Morgan fingerprint density at radius 3 is 2.54 bits per heavy atom. The Kier molecular flexibility index (Phi) is 2.36. The Bertz CT molecular complexity index is 333. The molecule has 0 bridgehead atoms. The van der Waals surface area contributed by atoms with E-state index in [0.29, 0.717) is 18.2 Å². The lowest BCUT2D eigenvalue weighted by molar-refractivity contribution is -0.137. The van der Waals surface area contributed by atoms with Crippen LogP contribution >= 0.6 is 0 Å². The number of rotatable bonds is 1. The van der Waals surface area contributed by atoms with E-state index < -0.39 is 11.7 Å². The maximum atomic E-state index is 12.1. The number of nitrogens with zero attached hydrogens (tertiary/aromatic N) is 1. The van der Waals surface area contributed by atoms with Crippen LogP contribution in [0.2, 0.25) is 0 Å². The fraction of sp³-hybridized carbons (Fsp3) is 0.250. The van der Waals surface area contributed by atoms with Gasteiger partial charge >= 0.3 is 6.18 Å². The molecule has 0 N–H and O–H groups in total. The van der Waals surface area contributed by atoms with Crippen molar-refractivity contribution >= 4 is 6.29 Å². The van der Waals surface area contributed by atoms with Gasteiger partial charge in [0.25, 0.3) is 0 Å². The molecule has 13 heavy (non-hydrogen) atoms. The van der Waals surface area contributed by atoms with E-state index in [1.165, 1.54) is 6.92 Å². The fourth-order valence-corrected chi connectivity index (χ4v) is 0.824. The molecule has 0 fully saturated rings. The first-order chi connectivity index (χ1) is 5.95. The van der Waals surface area contributed by atoms with Crippen LogP contribution in [-0.2, 0) is 6.18 Å². The first-order valence-electron chi connectivity index (χ1n) is 3.44. The second-order valence-corrected chi connectivity index (χ2v) is 2.51. The number of hydrogen-bond donors (Lipinski definition) is 0. The highest BCUT2D eigenvalue weighted by atomic mass is 19.4. The first kappa shape index (κ1) is 9.70. The third-order valence-electron chi connectivity index (χ3n) is 1.58. The molecule has 0 aromatic carbocycles. The van der Waals surface area contributed by atoms with Gasteiger partial charge in [-0.05, 0) is 13.0 Å². The average molecular weight is 189 g/mol. The normalized spacial score (nSPS) is 11.4. The van der Waals surface area contributed by atoms with Crippen LogP contribution in [0.3, 0.4) is 0 Å². The number of carbonyl (C=O) groups is 1. The standard InChI is InChI=1S/C8H6F3NO/c1-5-6(4-13)2-7(3-12-5)8(9,10)11/h2-4H,1H3. The molecule has 1 aromatic heterocycles. The average Bonchev–Trinajstić information content (AvgIpc) is 2.03. The van der Waals surface area contributed by atoms with Gasteiger partial charge in [0.05, 0.1) is 5.56 Å². The minimum absolute atomic E-state index is 0.0326. The minimum Gasteiger partial charge on any atom is -0.298 e. The van der Waals surface area contributed by atoms with Crippen LogP contribution in [0.4, 0.5) is 13.2 Å². The lowest BCUT2D eigenvalue weighted by Crippen LogP contribution is -2.07. The Morgan fingerprint density at radius 2 is 2.08 bits per heavy atom. The van der Waals surface area contributed by atoms with Crippen LogP contribution in [-0.4, -0.2) is 11.3 Å². The van der Waals surface area contributed by atoms with Gasteiger partial charge in [-0.2, -0.15) is 13.2 Å². The van der Waals surface area contributed by atoms with Crippen LogP contribution < -0.4 is 0 Å². The Balaban J connectivity index is 3.21. The molecule has 0 aliphatic rings. The lowest BCUT2D eigenvalue weighted by Gasteiger charge is -2.06. The van der Waals surface area contributed by atoms with Gasteiger partial charge in [0.15, 0.2) is 6.29 Å². The zero-order chi connectivity index (χ0) is 10.1. The Hall–Kier alpha value is -1.39. The molecule has 1 aromatic rings. The van der Waals surface area contributed by atoms with Gasteiger partial charge in [-0.1, -0.05) is 0 Å². The molecule has 5 heteroatoms. The summed E-state index contributed by atoms with van der Waals surface area (Å²) in [6, 6.07) is 0.787. The molecule has 0 spiro atoms. The van der Waals surface area contributed by atoms with E-state index in [1.807, 2.05) is 0 Å². The van der Waals surface area contributed by atoms with Crippen LogP contribution in [0.25, 0.3) is 0 Å². The maximum Gasteiger partial charge on any atom is 0.417 e. The molecular weight excluding hydrogens is 183 g/mol. The van der Waals surface area contributed by atoms with Gasteiger partial charge < -0.3 is 0 Å². The van der Waals surface area contributed by atoms with Crippen molar-refractivity contribution < 1.29 is 18.0 Å². The van der Waals surface area contributed by atoms with Gasteiger partial charge in [0.1, 0.15) is 0 Å². The van der Waals surface area contributed by atoms with Crippen LogP contribution in [0, 0.1) is 6.92 Å². The molecule has 2 nitrogen and oxygen atoms in total. The molecular formula is C8H6F3NO. The summed E-state index contributed by atoms with van der Waals surface area (Å²) >= 11 is 0. The van der Waals surface area contributed by atoms with E-state index >= 15 is 0 Å². The maximum absolute atomic E-state index is 12.1. The van der Waals surface area contributed by atoms with E-state index in [-0.39, 0.29) is 5.56 Å². The highest BCUT2D eigenvalue weighted by Gasteiger charge is 2.31. The number of hydrogen-bond acceptors (Lipinski definition) is 2. The molecule has 0 saturated carbocycles. The van der Waals surface area contributed by atoms with Crippen molar-refractivity contribution in [3.05, 3.63) is 29.1 Å². The summed E-state index contributed by atoms with van der Waals surface area (Å²) in [6.45, 7) is 1.48. The van der Waals surface area contributed by atoms with Crippen molar-refractivity contribution in [2.45, 2.75) is 13.1 Å². The smallest absolute Gasteiger partial charge is 0.298 e. The molecule has 0 amide bonds. The third kappa shape index (κ3) is 2.05. The Morgan fingerprint density at radius 1 is 1.46 bits per heavy atom. The van der Waals surface area contributed by atoms with Gasteiger partial charge in [0, 0.05) is 17.5 Å². The molecule has 0 unspecified atom stereocenters. The lowest BCUT2D eigenvalue weighted by atomic mass is 10.1. The number of aryl methyl sites for hydroxylation is 1. The number of alkyl halides is 3. The molecule has 0 atom stereocenters. The zero-order valence-electron chi connectivity index (χ0n) is 6.72. The van der Waals surface area contributed by atoms with Gasteiger partial charge in [-0.3, -0.25) is 9.78 Å². The van der Waals surface area contributed by atoms with Crippen LogP contribution in [0.1, 0.15) is 21.6 Å². The van der Waals surface area contributed by atoms with Crippen molar-refractivity contribution in [3.8, 4) is 0 Å². The van der Waals surface area contributed by atoms with Gasteiger partial charge in [-0.15, -0.1) is 0 Å². The summed E-state index contributed by atoms with van der Waals surface area (Å²) in [5.41, 5.74) is -0.641. The number of pyridine rings is 1. The summed E-state index contributed by atoms with van der Waals surface area (Å²) in [5.74, 6) is 0. The van der Waals surface area contributed by atoms with E-state index in [9.17, 15) is 18.0 Å². The number of aldehydes is 1. The van der Waals surface area contributed by atoms with E-state index in [1.54, 1.807) is 0 Å². The fourth-order valence-electron chi connectivity index (χ4n) is 0.824. The summed E-state index contributed by atoms with van der Waals surface area (Å²) in [4.78, 5) is 13.8. The summed E-state index contributed by atoms with van der Waals surface area (Å²) in [5, 5.41) is 0. The predicted octanol–water partition coefficient (Wildman–Crippen LogP) is 2.22. The number of carbonyl (C=O) groups excluding carboxylic acids is 1. The number of halogens is 3. The van der Waals surface area contributed by atoms with Crippen molar-refractivity contribution in [1.29, 1.82) is 0 Å². The summed E-state index contributed by atoms with van der Waals surface area (Å²) < 4.78 is 36.2. The molecule has 70 valence electrons. The SMILES string of the molecule is Cc1ncc(C(F)(F)F)cc1C=O. The largest absolute Gasteiger partial charge is 0.417 e. The molecule has 0 radical (unpaired) electrons. The van der Waals surface area contributed by atoms with E-state index in [4.69, 9.17) is 0 Å². The minimum atomic E-state index is -4.45. The summed E-state index contributed by atoms with van der Waals surface area (Å²) in [6.07, 6.45) is -3.38. The molecule has 0 aliphatic carbocycles. The van der Waals surface area contributed by atoms with Crippen molar-refractivity contribution in [1.82, 2.24) is 4.98 Å². The van der Waals surface area contributed by atoms with Crippen molar-refractivity contribution in [2.24, 2.45) is 0 Å². The first-order valence-corrected chi connectivity index (χ1v) is 3.44. The predicted molar refractivity (Wildman–Crippen MR) is 39.4 cm³/mol. The summed E-state index contributed by atoms with van der Waals surface area (Å²) in [7, 11) is 0. The van der Waals surface area contributed by atoms with Gasteiger partial charge in [-0.25, -0.2) is 0 Å². The second-order valence-electron chi connectivity index (χ2n) is 2.51. The topological polar surface area (TPSA) is 30.0 Å². The third-order valence-corrected chi connectivity index (χ3v) is 1.58. The van der Waals surface area contributed by atoms with Crippen LogP contribution in [0.15, 0.2) is 12.3 Å². The second kappa shape index (κ2) is 3.16. The highest BCUT2D eigenvalue weighted by Crippen LogP contribution is 2.29. The molecule has 1 rings (SSSR count). The van der Waals surface area contributed by atoms with Crippen molar-refractivity contribution in [3.63, 3.8) is 0 Å². The van der Waals surface area contributed by atoms with E-state index in [2.05, 4.69) is 4.98 Å². The molecule has 0 aliphatic heterocycles. The quantitative estimate of drug-likeness (QED) is 0.634. The monoisotopic (exact) mass is 189 g/mol. The van der Waals surface area contributed by atoms with Crippen LogP contribution in [0.5, 0.6) is 0 Å². The number of aromatic nitrogens is 1.